The Morgan fingerprint density at radius 3 is 1.12 bits per heavy atom. The molecule has 0 aliphatic heterocycles. The van der Waals surface area contributed by atoms with Gasteiger partial charge in [0.25, 0.3) is 0 Å². The van der Waals surface area contributed by atoms with Crippen molar-refractivity contribution in [3.8, 4) is 0 Å². The van der Waals surface area contributed by atoms with E-state index in [1.54, 1.807) is 0 Å². The predicted octanol–water partition coefficient (Wildman–Crippen LogP) is -0.791. The van der Waals surface area contributed by atoms with Crippen molar-refractivity contribution < 1.29 is 30.9 Å². The molecule has 0 amide bonds. The minimum Gasteiger partial charge on any atom is -1.00 e. The van der Waals surface area contributed by atoms with Crippen molar-refractivity contribution in [2.45, 2.75) is 0 Å². The van der Waals surface area contributed by atoms with Crippen molar-refractivity contribution in [2.24, 2.45) is 0 Å². The Labute approximate surface area is 64.8 Å². The molecule has 0 aliphatic rings. The van der Waals surface area contributed by atoms with E-state index < -0.39 is 10.4 Å². The smallest absolute Gasteiger partial charge is 1.00 e. The molecule has 0 aromatic rings. The molecule has 8 heavy (non-hydrogen) atoms. The molecule has 0 saturated heterocycles. The fraction of sp³-hybridized carbons (Fsp3) is 0. The van der Waals surface area contributed by atoms with E-state index in [4.69, 9.17) is 28.0 Å². The van der Waals surface area contributed by atoms with Gasteiger partial charge in [0.15, 0.2) is 0 Å². The fourth-order valence-electron chi connectivity index (χ4n) is 0. The molecule has 50 valence electrons. The average Bonchev–Trinajstić information content (AvgIpc) is 1.36. The Morgan fingerprint density at radius 2 is 1.12 bits per heavy atom. The van der Waals surface area contributed by atoms with E-state index in [1.807, 2.05) is 0 Å². The molecule has 6 nitrogen and oxygen atoms in total. The number of rotatable bonds is 0. The van der Waals surface area contributed by atoms with E-state index in [9.17, 15) is 0 Å². The third-order valence-corrected chi connectivity index (χ3v) is 0. The van der Waals surface area contributed by atoms with Crippen LogP contribution in [0.15, 0.2) is 0 Å². The van der Waals surface area contributed by atoms with Crippen LogP contribution in [0.2, 0.25) is 0 Å². The molecule has 0 aromatic heterocycles. The van der Waals surface area contributed by atoms with Crippen LogP contribution in [0.25, 0.3) is 0 Å². The van der Waals surface area contributed by atoms with Crippen LogP contribution in [0.1, 0.15) is 2.85 Å². The van der Waals surface area contributed by atoms with E-state index in [0.29, 0.717) is 0 Å². The SMILES string of the molecule is O=S(=O)(O)O.OO.[H-].[H-].[Mg+2]. The molecular weight excluding hydrogens is 152 g/mol. The Balaban J connectivity index is -0.0000000154. The Hall–Kier alpha value is 0.556. The van der Waals surface area contributed by atoms with Crippen molar-refractivity contribution >= 4 is 33.5 Å². The zero-order valence-electron chi connectivity index (χ0n) is 5.72. The van der Waals surface area contributed by atoms with E-state index in [2.05, 4.69) is 0 Å². The largest absolute Gasteiger partial charge is 2.00 e. The van der Waals surface area contributed by atoms with Crippen LogP contribution in [0.4, 0.5) is 0 Å². The molecule has 0 fully saturated rings. The van der Waals surface area contributed by atoms with Gasteiger partial charge in [-0.05, 0) is 0 Å². The summed E-state index contributed by atoms with van der Waals surface area (Å²) in [5.41, 5.74) is 0. The van der Waals surface area contributed by atoms with Crippen molar-refractivity contribution in [3.63, 3.8) is 0 Å². The molecule has 0 spiro atoms. The summed E-state index contributed by atoms with van der Waals surface area (Å²) in [7, 11) is -4.67. The van der Waals surface area contributed by atoms with Gasteiger partial charge in [0.1, 0.15) is 0 Å². The first-order valence-corrected chi connectivity index (χ1v) is 2.30. The summed E-state index contributed by atoms with van der Waals surface area (Å²) < 4.78 is 31.6. The maximum atomic E-state index is 8.74. The minimum atomic E-state index is -4.67. The van der Waals surface area contributed by atoms with Crippen LogP contribution in [-0.4, -0.2) is 51.1 Å². The molecule has 0 heterocycles. The van der Waals surface area contributed by atoms with E-state index in [1.165, 1.54) is 0 Å². The average molecular weight is 158 g/mol. The topological polar surface area (TPSA) is 115 Å². The summed E-state index contributed by atoms with van der Waals surface area (Å²) in [6, 6.07) is 0. The van der Waals surface area contributed by atoms with Gasteiger partial charge in [-0.3, -0.25) is 19.6 Å². The molecule has 0 aliphatic carbocycles. The zero-order chi connectivity index (χ0) is 6.50. The molecule has 0 saturated carbocycles. The Morgan fingerprint density at radius 1 is 1.12 bits per heavy atom. The van der Waals surface area contributed by atoms with Gasteiger partial charge in [-0.2, -0.15) is 8.42 Å². The van der Waals surface area contributed by atoms with Crippen molar-refractivity contribution in [3.05, 3.63) is 0 Å². The van der Waals surface area contributed by atoms with E-state index >= 15 is 0 Å². The van der Waals surface area contributed by atoms with Crippen LogP contribution in [0.3, 0.4) is 0 Å². The van der Waals surface area contributed by atoms with E-state index in [0.717, 1.165) is 0 Å². The van der Waals surface area contributed by atoms with Crippen LogP contribution < -0.4 is 0 Å². The molecule has 0 rings (SSSR count). The third kappa shape index (κ3) is 654. The second-order valence-electron chi connectivity index (χ2n) is 0.448. The third-order valence-electron chi connectivity index (χ3n) is 0. The molecule has 0 radical (unpaired) electrons. The molecule has 0 atom stereocenters. The summed E-state index contributed by atoms with van der Waals surface area (Å²) in [5.74, 6) is 0. The summed E-state index contributed by atoms with van der Waals surface area (Å²) in [4.78, 5) is 0. The minimum absolute atomic E-state index is 0. The second-order valence-corrected chi connectivity index (χ2v) is 1.34. The standard InChI is InChI=1S/Mg.H2O4S.H2O2.2H/c;1-5(2,3)4;1-2;;/h;(H2,1,2,3,4);1-2H;;/q+2;;;2*-1. The maximum absolute atomic E-state index is 8.74. The molecular formula is H6MgO6S. The molecule has 0 unspecified atom stereocenters. The molecule has 0 aromatic carbocycles. The van der Waals surface area contributed by atoms with Gasteiger partial charge in [0.2, 0.25) is 0 Å². The molecule has 0 bridgehead atoms. The second kappa shape index (κ2) is 7.56. The van der Waals surface area contributed by atoms with Crippen LogP contribution in [0.5, 0.6) is 0 Å². The zero-order valence-corrected chi connectivity index (χ0v) is 5.95. The van der Waals surface area contributed by atoms with Crippen LogP contribution in [-0.2, 0) is 10.4 Å². The van der Waals surface area contributed by atoms with Gasteiger partial charge in [0.05, 0.1) is 0 Å². The van der Waals surface area contributed by atoms with Gasteiger partial charge < -0.3 is 2.85 Å². The Bertz CT molecular complexity index is 98.9. The van der Waals surface area contributed by atoms with Crippen molar-refractivity contribution in [2.75, 3.05) is 0 Å². The van der Waals surface area contributed by atoms with Gasteiger partial charge >= 0.3 is 33.5 Å². The Kier molecular flexibility index (Phi) is 14.9. The van der Waals surface area contributed by atoms with E-state index in [-0.39, 0.29) is 25.9 Å². The molecule has 8 heteroatoms. The van der Waals surface area contributed by atoms with Crippen LogP contribution >= 0.6 is 0 Å². The quantitative estimate of drug-likeness (QED) is 0.159. The van der Waals surface area contributed by atoms with Gasteiger partial charge in [-0.15, -0.1) is 0 Å². The van der Waals surface area contributed by atoms with Gasteiger partial charge in [0, 0.05) is 0 Å². The van der Waals surface area contributed by atoms with Crippen LogP contribution in [0, 0.1) is 0 Å². The summed E-state index contributed by atoms with van der Waals surface area (Å²) in [5, 5.41) is 12.0. The monoisotopic (exact) mass is 158 g/mol. The first kappa shape index (κ1) is 15.8. The predicted molar refractivity (Wildman–Crippen MR) is 27.4 cm³/mol. The molecule has 4 N–H and O–H groups in total. The van der Waals surface area contributed by atoms with Gasteiger partial charge in [-0.25, -0.2) is 0 Å². The first-order valence-electron chi connectivity index (χ1n) is 0.898. The normalized spacial score (nSPS) is 8.00. The van der Waals surface area contributed by atoms with Gasteiger partial charge in [-0.1, -0.05) is 0 Å². The summed E-state index contributed by atoms with van der Waals surface area (Å²) >= 11 is 0. The van der Waals surface area contributed by atoms with Crippen molar-refractivity contribution in [1.29, 1.82) is 0 Å². The van der Waals surface area contributed by atoms with Crippen molar-refractivity contribution in [1.82, 2.24) is 0 Å². The maximum Gasteiger partial charge on any atom is 2.00 e. The fourth-order valence-corrected chi connectivity index (χ4v) is 0. The summed E-state index contributed by atoms with van der Waals surface area (Å²) in [6.07, 6.45) is 0. The number of hydrogen-bond acceptors (Lipinski definition) is 4. The number of hydrogen-bond donors (Lipinski definition) is 4. The first-order chi connectivity index (χ1) is 3.00. The summed E-state index contributed by atoms with van der Waals surface area (Å²) in [6.45, 7) is 0.